The zero-order valence-corrected chi connectivity index (χ0v) is 17.0. The van der Waals surface area contributed by atoms with E-state index in [0.29, 0.717) is 24.0 Å². The van der Waals surface area contributed by atoms with Crippen molar-refractivity contribution in [1.29, 1.82) is 0 Å². The number of aromatic nitrogens is 4. The molecule has 9 heteroatoms. The molecule has 1 fully saturated rings. The molecule has 154 valence electrons. The first kappa shape index (κ1) is 19.1. The lowest BCUT2D eigenvalue weighted by Gasteiger charge is -2.30. The van der Waals surface area contributed by atoms with Crippen molar-refractivity contribution >= 4 is 22.7 Å². The third-order valence-corrected chi connectivity index (χ3v) is 5.99. The number of hydrogen-bond donors (Lipinski definition) is 0. The summed E-state index contributed by atoms with van der Waals surface area (Å²) < 4.78 is 33.2. The highest BCUT2D eigenvalue weighted by Crippen LogP contribution is 2.33. The van der Waals surface area contributed by atoms with Crippen LogP contribution in [0.15, 0.2) is 47.2 Å². The molecule has 0 radical (unpaired) electrons. The summed E-state index contributed by atoms with van der Waals surface area (Å²) in [7, 11) is 0. The van der Waals surface area contributed by atoms with Crippen LogP contribution < -0.4 is 4.74 Å². The number of fused-ring (bicyclic) bond motifs is 1. The fraction of sp³-hybridized carbons (Fsp3) is 0.333. The van der Waals surface area contributed by atoms with E-state index in [1.165, 1.54) is 12.1 Å². The Kier molecular flexibility index (Phi) is 5.37. The van der Waals surface area contributed by atoms with Crippen LogP contribution >= 0.6 is 11.7 Å². The molecule has 0 atom stereocenters. The largest absolute Gasteiger partial charge is 0.474 e. The van der Waals surface area contributed by atoms with E-state index in [2.05, 4.69) is 23.8 Å². The summed E-state index contributed by atoms with van der Waals surface area (Å²) in [5.74, 6) is 0.583. The molecule has 7 nitrogen and oxygen atoms in total. The molecular formula is C21H20FN5O2S. The van der Waals surface area contributed by atoms with Crippen molar-refractivity contribution in [2.24, 2.45) is 0 Å². The lowest BCUT2D eigenvalue weighted by molar-refractivity contribution is 0.170. The van der Waals surface area contributed by atoms with Crippen LogP contribution in [-0.2, 0) is 0 Å². The van der Waals surface area contributed by atoms with Crippen LogP contribution in [-0.4, -0.2) is 50.0 Å². The molecule has 0 bridgehead atoms. The smallest absolute Gasteiger partial charge is 0.254 e. The van der Waals surface area contributed by atoms with Gasteiger partial charge in [-0.05, 0) is 50.2 Å². The lowest BCUT2D eigenvalue weighted by Crippen LogP contribution is -2.36. The van der Waals surface area contributed by atoms with Crippen LogP contribution in [0.25, 0.3) is 22.2 Å². The van der Waals surface area contributed by atoms with Gasteiger partial charge in [0.2, 0.25) is 0 Å². The third kappa shape index (κ3) is 3.90. The van der Waals surface area contributed by atoms with Gasteiger partial charge in [0.05, 0.1) is 17.4 Å². The summed E-state index contributed by atoms with van der Waals surface area (Å²) in [6.45, 7) is 3.28. The van der Waals surface area contributed by atoms with Gasteiger partial charge in [0.1, 0.15) is 18.1 Å². The fourth-order valence-electron chi connectivity index (χ4n) is 3.88. The first-order valence-electron chi connectivity index (χ1n) is 9.91. The molecule has 0 saturated carbocycles. The number of rotatable bonds is 6. The highest BCUT2D eigenvalue weighted by Gasteiger charge is 2.25. The second kappa shape index (κ2) is 8.45. The number of nitrogens with zero attached hydrogens (tertiary/aromatic N) is 5. The van der Waals surface area contributed by atoms with Gasteiger partial charge in [-0.1, -0.05) is 5.16 Å². The average molecular weight is 425 g/mol. The number of ether oxygens (including phenoxy) is 1. The van der Waals surface area contributed by atoms with Gasteiger partial charge in [-0.3, -0.25) is 9.88 Å². The standard InChI is InChI=1S/C21H20FN5O2S/c22-16-3-4-17-18(12-16)29-24-19(17)14-5-8-27(9-6-14)10-11-28-21-20(25-30-26-21)15-2-1-7-23-13-15/h1-4,7,12-14H,5-6,8-11H2. The zero-order chi connectivity index (χ0) is 20.3. The molecule has 5 rings (SSSR count). The number of piperidine rings is 1. The summed E-state index contributed by atoms with van der Waals surface area (Å²) in [4.78, 5) is 6.51. The van der Waals surface area contributed by atoms with E-state index in [1.807, 2.05) is 12.1 Å². The predicted octanol–water partition coefficient (Wildman–Crippen LogP) is 4.14. The number of pyridine rings is 1. The maximum Gasteiger partial charge on any atom is 0.254 e. The molecule has 0 aliphatic carbocycles. The molecule has 1 saturated heterocycles. The average Bonchev–Trinajstić information content (AvgIpc) is 3.42. The van der Waals surface area contributed by atoms with Gasteiger partial charge in [-0.25, -0.2) is 4.39 Å². The van der Waals surface area contributed by atoms with Gasteiger partial charge < -0.3 is 9.26 Å². The van der Waals surface area contributed by atoms with Crippen molar-refractivity contribution in [3.63, 3.8) is 0 Å². The van der Waals surface area contributed by atoms with Crippen LogP contribution in [0.3, 0.4) is 0 Å². The highest BCUT2D eigenvalue weighted by atomic mass is 32.1. The number of halogens is 1. The SMILES string of the molecule is Fc1ccc2c(C3CCN(CCOc4nsnc4-c4cccnc4)CC3)noc2c1. The molecule has 1 aromatic carbocycles. The minimum absolute atomic E-state index is 0.304. The minimum atomic E-state index is -0.304. The third-order valence-electron chi connectivity index (χ3n) is 5.48. The molecular weight excluding hydrogens is 405 g/mol. The summed E-state index contributed by atoms with van der Waals surface area (Å²) in [5.41, 5.74) is 3.10. The van der Waals surface area contributed by atoms with Crippen molar-refractivity contribution in [3.8, 4) is 17.1 Å². The van der Waals surface area contributed by atoms with Crippen LogP contribution in [0.4, 0.5) is 4.39 Å². The molecule has 0 N–H and O–H groups in total. The molecule has 0 unspecified atom stereocenters. The molecule has 4 heterocycles. The Bertz CT molecular complexity index is 1120. The Balaban J connectivity index is 1.15. The molecule has 30 heavy (non-hydrogen) atoms. The lowest BCUT2D eigenvalue weighted by atomic mass is 9.91. The predicted molar refractivity (Wildman–Crippen MR) is 111 cm³/mol. The van der Waals surface area contributed by atoms with Gasteiger partial charge in [0, 0.05) is 41.9 Å². The van der Waals surface area contributed by atoms with Crippen molar-refractivity contribution in [2.75, 3.05) is 26.2 Å². The Morgan fingerprint density at radius 1 is 1.20 bits per heavy atom. The van der Waals surface area contributed by atoms with Crippen molar-refractivity contribution in [1.82, 2.24) is 23.8 Å². The molecule has 0 amide bonds. The molecule has 3 aromatic heterocycles. The number of benzene rings is 1. The maximum absolute atomic E-state index is 13.4. The van der Waals surface area contributed by atoms with E-state index < -0.39 is 0 Å². The zero-order valence-electron chi connectivity index (χ0n) is 16.2. The second-order valence-electron chi connectivity index (χ2n) is 7.33. The van der Waals surface area contributed by atoms with E-state index in [9.17, 15) is 4.39 Å². The van der Waals surface area contributed by atoms with Crippen molar-refractivity contribution < 1.29 is 13.7 Å². The van der Waals surface area contributed by atoms with Gasteiger partial charge in [-0.15, -0.1) is 4.37 Å². The van der Waals surface area contributed by atoms with Crippen molar-refractivity contribution in [3.05, 3.63) is 54.2 Å². The first-order chi connectivity index (χ1) is 14.8. The van der Waals surface area contributed by atoms with Crippen LogP contribution in [0.1, 0.15) is 24.5 Å². The Labute approximate surface area is 176 Å². The maximum atomic E-state index is 13.4. The van der Waals surface area contributed by atoms with Crippen LogP contribution in [0.2, 0.25) is 0 Å². The van der Waals surface area contributed by atoms with Crippen LogP contribution in [0.5, 0.6) is 5.88 Å². The van der Waals surface area contributed by atoms with E-state index in [0.717, 1.165) is 66.5 Å². The van der Waals surface area contributed by atoms with Gasteiger partial charge in [0.25, 0.3) is 5.88 Å². The Hall–Kier alpha value is -2.91. The van der Waals surface area contributed by atoms with Gasteiger partial charge in [0.15, 0.2) is 5.58 Å². The normalized spacial score (nSPS) is 15.6. The highest BCUT2D eigenvalue weighted by molar-refractivity contribution is 6.99. The minimum Gasteiger partial charge on any atom is -0.474 e. The van der Waals surface area contributed by atoms with Crippen LogP contribution in [0, 0.1) is 5.82 Å². The topological polar surface area (TPSA) is 77.2 Å². The van der Waals surface area contributed by atoms with Gasteiger partial charge >= 0.3 is 0 Å². The summed E-state index contributed by atoms with van der Waals surface area (Å²) in [6.07, 6.45) is 5.46. The molecule has 1 aliphatic heterocycles. The monoisotopic (exact) mass is 425 g/mol. The molecule has 4 aromatic rings. The first-order valence-corrected chi connectivity index (χ1v) is 10.6. The summed E-state index contributed by atoms with van der Waals surface area (Å²) >= 11 is 1.14. The number of hydrogen-bond acceptors (Lipinski definition) is 8. The molecule has 1 aliphatic rings. The van der Waals surface area contributed by atoms with E-state index >= 15 is 0 Å². The Morgan fingerprint density at radius 3 is 2.93 bits per heavy atom. The van der Waals surface area contributed by atoms with E-state index in [4.69, 9.17) is 9.26 Å². The second-order valence-corrected chi connectivity index (χ2v) is 7.86. The number of likely N-dealkylation sites (tertiary alicyclic amines) is 1. The quantitative estimate of drug-likeness (QED) is 0.459. The van der Waals surface area contributed by atoms with Crippen molar-refractivity contribution in [2.45, 2.75) is 18.8 Å². The van der Waals surface area contributed by atoms with Gasteiger partial charge in [-0.2, -0.15) is 4.37 Å². The summed E-state index contributed by atoms with van der Waals surface area (Å²) in [5, 5.41) is 5.13. The molecule has 0 spiro atoms. The Morgan fingerprint density at radius 2 is 2.10 bits per heavy atom. The fourth-order valence-corrected chi connectivity index (χ4v) is 4.40. The summed E-state index contributed by atoms with van der Waals surface area (Å²) in [6, 6.07) is 8.44. The van der Waals surface area contributed by atoms with E-state index in [1.54, 1.807) is 18.5 Å². The van der Waals surface area contributed by atoms with E-state index in [-0.39, 0.29) is 5.82 Å².